The summed E-state index contributed by atoms with van der Waals surface area (Å²) >= 11 is 0. The van der Waals surface area contributed by atoms with Crippen LogP contribution in [0.3, 0.4) is 0 Å². The number of ether oxygens (including phenoxy) is 2. The van der Waals surface area contributed by atoms with E-state index in [1.54, 1.807) is 19.4 Å². The van der Waals surface area contributed by atoms with Gasteiger partial charge < -0.3 is 19.7 Å². The highest BCUT2D eigenvalue weighted by molar-refractivity contribution is 5.94. The molecule has 1 saturated heterocycles. The van der Waals surface area contributed by atoms with Crippen molar-refractivity contribution in [1.29, 1.82) is 0 Å². The Bertz CT molecular complexity index is 682. The fourth-order valence-electron chi connectivity index (χ4n) is 2.57. The van der Waals surface area contributed by atoms with E-state index >= 15 is 0 Å². The Labute approximate surface area is 141 Å². The number of methoxy groups -OCH3 is 1. The van der Waals surface area contributed by atoms with E-state index in [2.05, 4.69) is 15.2 Å². The summed E-state index contributed by atoms with van der Waals surface area (Å²) in [7, 11) is 1.62. The van der Waals surface area contributed by atoms with Gasteiger partial charge in [-0.3, -0.25) is 4.79 Å². The van der Waals surface area contributed by atoms with Gasteiger partial charge in [0.05, 0.1) is 25.9 Å². The molecule has 1 fully saturated rings. The molecule has 0 aliphatic carbocycles. The highest BCUT2D eigenvalue weighted by Crippen LogP contribution is 2.14. The fourth-order valence-corrected chi connectivity index (χ4v) is 2.57. The summed E-state index contributed by atoms with van der Waals surface area (Å²) in [6, 6.07) is 11.3. The lowest BCUT2D eigenvalue weighted by Gasteiger charge is -2.27. The molecule has 1 aliphatic rings. The molecule has 0 bridgehead atoms. The van der Waals surface area contributed by atoms with Crippen molar-refractivity contribution in [2.75, 3.05) is 38.3 Å². The van der Waals surface area contributed by atoms with Gasteiger partial charge in [0.1, 0.15) is 11.6 Å². The van der Waals surface area contributed by atoms with E-state index < -0.39 is 0 Å². The van der Waals surface area contributed by atoms with Crippen LogP contribution in [-0.2, 0) is 11.3 Å². The molecule has 1 aromatic heterocycles. The van der Waals surface area contributed by atoms with Crippen molar-refractivity contribution in [1.82, 2.24) is 10.3 Å². The van der Waals surface area contributed by atoms with Crippen molar-refractivity contribution in [2.45, 2.75) is 6.54 Å². The Hall–Kier alpha value is -2.60. The molecule has 1 aromatic carbocycles. The molecule has 6 nitrogen and oxygen atoms in total. The maximum absolute atomic E-state index is 12.2. The summed E-state index contributed by atoms with van der Waals surface area (Å²) in [5.41, 5.74) is 1.54. The lowest BCUT2D eigenvalue weighted by molar-refractivity contribution is 0.0950. The summed E-state index contributed by atoms with van der Waals surface area (Å²) < 4.78 is 10.5. The number of anilines is 1. The first-order chi connectivity index (χ1) is 11.8. The number of aromatic nitrogens is 1. The van der Waals surface area contributed by atoms with Gasteiger partial charge in [-0.15, -0.1) is 0 Å². The Kier molecular flexibility index (Phi) is 5.28. The first-order valence-corrected chi connectivity index (χ1v) is 7.96. The van der Waals surface area contributed by atoms with Gasteiger partial charge in [-0.25, -0.2) is 4.98 Å². The second-order valence-corrected chi connectivity index (χ2v) is 5.54. The summed E-state index contributed by atoms with van der Waals surface area (Å²) in [4.78, 5) is 18.8. The molecule has 1 N–H and O–H groups in total. The number of carbonyl (C=O) groups is 1. The predicted octanol–water partition coefficient (Wildman–Crippen LogP) is 1.86. The second kappa shape index (κ2) is 7.79. The first kappa shape index (κ1) is 16.3. The van der Waals surface area contributed by atoms with E-state index in [0.29, 0.717) is 25.3 Å². The fraction of sp³-hybridized carbons (Fsp3) is 0.333. The smallest absolute Gasteiger partial charge is 0.253 e. The number of morpholine rings is 1. The highest BCUT2D eigenvalue weighted by atomic mass is 16.5. The minimum Gasteiger partial charge on any atom is -0.497 e. The summed E-state index contributed by atoms with van der Waals surface area (Å²) in [6.07, 6.45) is 1.62. The van der Waals surface area contributed by atoms with E-state index in [1.807, 2.05) is 30.3 Å². The first-order valence-electron chi connectivity index (χ1n) is 7.96. The molecule has 2 heterocycles. The molecular formula is C18H21N3O3. The molecule has 6 heteroatoms. The van der Waals surface area contributed by atoms with Crippen LogP contribution >= 0.6 is 0 Å². The summed E-state index contributed by atoms with van der Waals surface area (Å²) in [5.74, 6) is 1.51. The van der Waals surface area contributed by atoms with E-state index in [9.17, 15) is 4.79 Å². The number of hydrogen-bond donors (Lipinski definition) is 1. The number of carbonyl (C=O) groups excluding carboxylic acids is 1. The topological polar surface area (TPSA) is 63.7 Å². The van der Waals surface area contributed by atoms with Crippen LogP contribution in [0.25, 0.3) is 0 Å². The number of nitrogens with one attached hydrogen (secondary N) is 1. The van der Waals surface area contributed by atoms with Crippen molar-refractivity contribution in [2.24, 2.45) is 0 Å². The zero-order chi connectivity index (χ0) is 16.8. The molecule has 3 rings (SSSR count). The van der Waals surface area contributed by atoms with Gasteiger partial charge in [-0.05, 0) is 29.8 Å². The van der Waals surface area contributed by atoms with Crippen molar-refractivity contribution in [3.8, 4) is 5.75 Å². The van der Waals surface area contributed by atoms with Crippen LogP contribution in [0.2, 0.25) is 0 Å². The third-order valence-electron chi connectivity index (χ3n) is 3.93. The SMILES string of the molecule is COc1cccc(CNC(=O)c2ccc(N3CCOCC3)nc2)c1. The van der Waals surface area contributed by atoms with Gasteiger partial charge >= 0.3 is 0 Å². The molecule has 0 unspecified atom stereocenters. The van der Waals surface area contributed by atoms with Crippen molar-refractivity contribution >= 4 is 11.7 Å². The molecule has 2 aromatic rings. The number of rotatable bonds is 5. The number of pyridine rings is 1. The zero-order valence-electron chi connectivity index (χ0n) is 13.7. The minimum atomic E-state index is -0.140. The Balaban J connectivity index is 1.58. The average Bonchev–Trinajstić information content (AvgIpc) is 2.67. The highest BCUT2D eigenvalue weighted by Gasteiger charge is 2.13. The molecule has 0 spiro atoms. The van der Waals surface area contributed by atoms with Gasteiger partial charge in [-0.2, -0.15) is 0 Å². The van der Waals surface area contributed by atoms with Crippen LogP contribution in [0.4, 0.5) is 5.82 Å². The third-order valence-corrected chi connectivity index (χ3v) is 3.93. The number of hydrogen-bond acceptors (Lipinski definition) is 5. The summed E-state index contributed by atoms with van der Waals surface area (Å²) in [5, 5.41) is 2.90. The normalized spacial score (nSPS) is 14.3. The van der Waals surface area contributed by atoms with Crippen LogP contribution in [-0.4, -0.2) is 44.3 Å². The summed E-state index contributed by atoms with van der Waals surface area (Å²) in [6.45, 7) is 3.53. The van der Waals surface area contributed by atoms with E-state index in [-0.39, 0.29) is 5.91 Å². The van der Waals surface area contributed by atoms with Crippen LogP contribution < -0.4 is 15.0 Å². The van der Waals surface area contributed by atoms with Crippen molar-refractivity contribution < 1.29 is 14.3 Å². The Morgan fingerprint density at radius 1 is 1.29 bits per heavy atom. The Morgan fingerprint density at radius 2 is 2.12 bits per heavy atom. The van der Waals surface area contributed by atoms with Gasteiger partial charge in [-0.1, -0.05) is 12.1 Å². The molecule has 24 heavy (non-hydrogen) atoms. The van der Waals surface area contributed by atoms with E-state index in [0.717, 1.165) is 30.2 Å². The monoisotopic (exact) mass is 327 g/mol. The maximum atomic E-state index is 12.2. The van der Waals surface area contributed by atoms with Crippen molar-refractivity contribution in [3.63, 3.8) is 0 Å². The van der Waals surface area contributed by atoms with Gasteiger partial charge in [0.15, 0.2) is 0 Å². The quantitative estimate of drug-likeness (QED) is 0.908. The second-order valence-electron chi connectivity index (χ2n) is 5.54. The molecule has 1 amide bonds. The average molecular weight is 327 g/mol. The van der Waals surface area contributed by atoms with Crippen LogP contribution in [0.5, 0.6) is 5.75 Å². The van der Waals surface area contributed by atoms with E-state index in [4.69, 9.17) is 9.47 Å². The molecule has 0 atom stereocenters. The van der Waals surface area contributed by atoms with Gasteiger partial charge in [0.2, 0.25) is 0 Å². The van der Waals surface area contributed by atoms with Gasteiger partial charge in [0, 0.05) is 25.8 Å². The molecule has 126 valence electrons. The molecule has 0 saturated carbocycles. The van der Waals surface area contributed by atoms with Crippen LogP contribution in [0.1, 0.15) is 15.9 Å². The van der Waals surface area contributed by atoms with Crippen LogP contribution in [0, 0.1) is 0 Å². The standard InChI is InChI=1S/C18H21N3O3/c1-23-16-4-2-3-14(11-16)12-20-18(22)15-5-6-17(19-13-15)21-7-9-24-10-8-21/h2-6,11,13H,7-10,12H2,1H3,(H,20,22). The van der Waals surface area contributed by atoms with Gasteiger partial charge in [0.25, 0.3) is 5.91 Å². The lowest BCUT2D eigenvalue weighted by atomic mass is 10.2. The molecular weight excluding hydrogens is 306 g/mol. The Morgan fingerprint density at radius 3 is 2.83 bits per heavy atom. The minimum absolute atomic E-state index is 0.140. The lowest BCUT2D eigenvalue weighted by Crippen LogP contribution is -2.36. The molecule has 1 aliphatic heterocycles. The third kappa shape index (κ3) is 4.02. The van der Waals surface area contributed by atoms with Crippen molar-refractivity contribution in [3.05, 3.63) is 53.7 Å². The number of nitrogens with zero attached hydrogens (tertiary/aromatic N) is 2. The number of amides is 1. The molecule has 0 radical (unpaired) electrons. The number of benzene rings is 1. The largest absolute Gasteiger partial charge is 0.497 e. The zero-order valence-corrected chi connectivity index (χ0v) is 13.7. The maximum Gasteiger partial charge on any atom is 0.253 e. The van der Waals surface area contributed by atoms with Crippen LogP contribution in [0.15, 0.2) is 42.6 Å². The van der Waals surface area contributed by atoms with E-state index in [1.165, 1.54) is 0 Å². The predicted molar refractivity (Wildman–Crippen MR) is 91.4 cm³/mol.